The SMILES string of the molecule is CSc1ccc(C(=O)Nc2ccc(S(=O)ONC(C(=O)O)C(C)C)cc2)cc1. The zero-order chi connectivity index (χ0) is 20.7. The molecule has 0 bridgehead atoms. The van der Waals surface area contributed by atoms with Crippen LogP contribution in [-0.2, 0) is 20.2 Å². The molecule has 0 aromatic heterocycles. The minimum atomic E-state index is -1.89. The quantitative estimate of drug-likeness (QED) is 0.421. The largest absolute Gasteiger partial charge is 0.480 e. The van der Waals surface area contributed by atoms with Crippen LogP contribution in [0.15, 0.2) is 58.3 Å². The highest BCUT2D eigenvalue weighted by atomic mass is 32.2. The zero-order valence-corrected chi connectivity index (χ0v) is 17.3. The van der Waals surface area contributed by atoms with Crippen molar-refractivity contribution >= 4 is 40.4 Å². The molecule has 0 saturated heterocycles. The number of carboxylic acids is 1. The summed E-state index contributed by atoms with van der Waals surface area (Å²) in [5.74, 6) is -1.58. The van der Waals surface area contributed by atoms with E-state index in [-0.39, 0.29) is 11.8 Å². The van der Waals surface area contributed by atoms with E-state index in [4.69, 9.17) is 9.39 Å². The van der Waals surface area contributed by atoms with Gasteiger partial charge in [0.2, 0.25) is 11.1 Å². The summed E-state index contributed by atoms with van der Waals surface area (Å²) in [6.45, 7) is 3.42. The lowest BCUT2D eigenvalue weighted by molar-refractivity contribution is -0.143. The van der Waals surface area contributed by atoms with Crippen molar-refractivity contribution in [2.45, 2.75) is 29.7 Å². The summed E-state index contributed by atoms with van der Waals surface area (Å²) in [7, 11) is 0. The van der Waals surface area contributed by atoms with Crippen molar-refractivity contribution in [2.24, 2.45) is 5.92 Å². The Balaban J connectivity index is 1.95. The minimum absolute atomic E-state index is 0.239. The molecule has 28 heavy (non-hydrogen) atoms. The van der Waals surface area contributed by atoms with Gasteiger partial charge in [-0.1, -0.05) is 13.8 Å². The van der Waals surface area contributed by atoms with Gasteiger partial charge in [-0.15, -0.1) is 11.8 Å². The van der Waals surface area contributed by atoms with E-state index in [0.717, 1.165) is 4.90 Å². The second-order valence-electron chi connectivity index (χ2n) is 6.20. The topological polar surface area (TPSA) is 105 Å². The number of benzene rings is 2. The van der Waals surface area contributed by atoms with Crippen LogP contribution in [0, 0.1) is 5.92 Å². The molecule has 7 nitrogen and oxygen atoms in total. The Bertz CT molecular complexity index is 838. The summed E-state index contributed by atoms with van der Waals surface area (Å²) in [4.78, 5) is 24.8. The molecular formula is C19H22N2O5S2. The number of nitrogens with one attached hydrogen (secondary N) is 2. The second-order valence-corrected chi connectivity index (χ2v) is 8.19. The highest BCUT2D eigenvalue weighted by Gasteiger charge is 2.22. The van der Waals surface area contributed by atoms with E-state index in [2.05, 4.69) is 10.8 Å². The molecule has 0 aliphatic heterocycles. The fourth-order valence-corrected chi connectivity index (χ4v) is 3.26. The van der Waals surface area contributed by atoms with Gasteiger partial charge in [0, 0.05) is 16.1 Å². The van der Waals surface area contributed by atoms with E-state index < -0.39 is 23.1 Å². The van der Waals surface area contributed by atoms with Crippen molar-refractivity contribution in [1.29, 1.82) is 0 Å². The maximum absolute atomic E-state index is 12.3. The van der Waals surface area contributed by atoms with Crippen molar-refractivity contribution in [1.82, 2.24) is 5.48 Å². The molecule has 2 rings (SSSR count). The van der Waals surface area contributed by atoms with Gasteiger partial charge < -0.3 is 10.4 Å². The maximum atomic E-state index is 12.3. The Morgan fingerprint density at radius 1 is 1.07 bits per heavy atom. The van der Waals surface area contributed by atoms with Crippen LogP contribution < -0.4 is 10.8 Å². The third-order valence-electron chi connectivity index (χ3n) is 3.84. The molecule has 150 valence electrons. The van der Waals surface area contributed by atoms with Crippen LogP contribution in [0.1, 0.15) is 24.2 Å². The summed E-state index contributed by atoms with van der Waals surface area (Å²) in [5, 5.41) is 11.9. The van der Waals surface area contributed by atoms with Crippen molar-refractivity contribution in [3.8, 4) is 0 Å². The molecule has 0 fully saturated rings. The first-order valence-corrected chi connectivity index (χ1v) is 10.7. The molecule has 2 aromatic carbocycles. The van der Waals surface area contributed by atoms with Gasteiger partial charge in [-0.05, 0) is 60.7 Å². The van der Waals surface area contributed by atoms with Gasteiger partial charge in [0.15, 0.2) is 0 Å². The van der Waals surface area contributed by atoms with Crippen molar-refractivity contribution < 1.29 is 23.2 Å². The molecule has 1 amide bonds. The lowest BCUT2D eigenvalue weighted by Crippen LogP contribution is -2.41. The molecule has 0 heterocycles. The summed E-state index contributed by atoms with van der Waals surface area (Å²) in [6, 6.07) is 12.5. The molecule has 0 aliphatic carbocycles. The summed E-state index contributed by atoms with van der Waals surface area (Å²) in [5.41, 5.74) is 3.40. The van der Waals surface area contributed by atoms with Gasteiger partial charge in [-0.25, -0.2) is 4.21 Å². The van der Waals surface area contributed by atoms with Crippen LogP contribution in [0.3, 0.4) is 0 Å². The minimum Gasteiger partial charge on any atom is -0.480 e. The highest BCUT2D eigenvalue weighted by Crippen LogP contribution is 2.17. The van der Waals surface area contributed by atoms with E-state index in [1.54, 1.807) is 49.9 Å². The number of carbonyl (C=O) groups excluding carboxylic acids is 1. The van der Waals surface area contributed by atoms with Crippen molar-refractivity contribution in [3.05, 3.63) is 54.1 Å². The average Bonchev–Trinajstić information content (AvgIpc) is 2.68. The number of thioether (sulfide) groups is 1. The number of anilines is 1. The number of hydrogen-bond acceptors (Lipinski definition) is 6. The maximum Gasteiger partial charge on any atom is 0.323 e. The molecule has 9 heteroatoms. The molecule has 2 aromatic rings. The highest BCUT2D eigenvalue weighted by molar-refractivity contribution is 7.98. The van der Waals surface area contributed by atoms with Gasteiger partial charge in [0.05, 0.1) is 4.90 Å². The van der Waals surface area contributed by atoms with Crippen LogP contribution in [0.25, 0.3) is 0 Å². The van der Waals surface area contributed by atoms with E-state index >= 15 is 0 Å². The zero-order valence-electron chi connectivity index (χ0n) is 15.7. The Kier molecular flexibility index (Phi) is 8.18. The summed E-state index contributed by atoms with van der Waals surface area (Å²) < 4.78 is 17.1. The number of aliphatic carboxylic acids is 1. The Labute approximate surface area is 170 Å². The molecule has 0 saturated carbocycles. The van der Waals surface area contributed by atoms with Crippen LogP contribution >= 0.6 is 11.8 Å². The number of carbonyl (C=O) groups is 2. The first kappa shape index (κ1) is 22.1. The standard InChI is InChI=1S/C19H22N2O5S2/c1-12(2)17(19(23)24)21-26-28(25)16-10-6-14(7-11-16)20-18(22)13-4-8-15(27-3)9-5-13/h4-12,17,21H,1-3H3,(H,20,22)(H,23,24). The number of hydroxylamine groups is 1. The second kappa shape index (κ2) is 10.4. The Morgan fingerprint density at radius 2 is 1.68 bits per heavy atom. The first-order chi connectivity index (χ1) is 13.3. The number of hydrogen-bond donors (Lipinski definition) is 3. The van der Waals surface area contributed by atoms with Crippen LogP contribution in [-0.4, -0.2) is 33.5 Å². The summed E-state index contributed by atoms with van der Waals surface area (Å²) >= 11 is -0.291. The number of carboxylic acid groups (broad SMARTS) is 1. The van der Waals surface area contributed by atoms with E-state index in [9.17, 15) is 13.8 Å². The van der Waals surface area contributed by atoms with E-state index in [1.807, 2.05) is 18.4 Å². The van der Waals surface area contributed by atoms with Gasteiger partial charge in [0.1, 0.15) is 6.04 Å². The average molecular weight is 423 g/mol. The monoisotopic (exact) mass is 422 g/mol. The molecule has 0 spiro atoms. The van der Waals surface area contributed by atoms with Gasteiger partial charge in [-0.3, -0.25) is 9.59 Å². The third kappa shape index (κ3) is 6.16. The fraction of sp³-hybridized carbons (Fsp3) is 0.263. The van der Waals surface area contributed by atoms with Gasteiger partial charge in [-0.2, -0.15) is 9.76 Å². The number of amides is 1. The predicted octanol–water partition coefficient (Wildman–Crippen LogP) is 3.31. The van der Waals surface area contributed by atoms with E-state index in [1.165, 1.54) is 12.1 Å². The lowest BCUT2D eigenvalue weighted by atomic mass is 10.1. The molecule has 0 aliphatic rings. The molecule has 0 radical (unpaired) electrons. The lowest BCUT2D eigenvalue weighted by Gasteiger charge is -2.16. The smallest absolute Gasteiger partial charge is 0.323 e. The van der Waals surface area contributed by atoms with Gasteiger partial charge in [0.25, 0.3) is 5.91 Å². The third-order valence-corrected chi connectivity index (χ3v) is 5.49. The normalized spacial score (nSPS) is 13.1. The first-order valence-electron chi connectivity index (χ1n) is 8.44. The fourth-order valence-electron chi connectivity index (χ4n) is 2.21. The van der Waals surface area contributed by atoms with Crippen molar-refractivity contribution in [2.75, 3.05) is 11.6 Å². The predicted molar refractivity (Wildman–Crippen MR) is 110 cm³/mol. The molecule has 2 atom stereocenters. The van der Waals surface area contributed by atoms with E-state index in [0.29, 0.717) is 16.1 Å². The number of rotatable bonds is 9. The Hall–Kier alpha value is -2.20. The van der Waals surface area contributed by atoms with Gasteiger partial charge >= 0.3 is 5.97 Å². The Morgan fingerprint density at radius 3 is 2.18 bits per heavy atom. The van der Waals surface area contributed by atoms with Crippen LogP contribution in [0.2, 0.25) is 0 Å². The molecular weight excluding hydrogens is 400 g/mol. The van der Waals surface area contributed by atoms with Crippen molar-refractivity contribution in [3.63, 3.8) is 0 Å². The van der Waals surface area contributed by atoms with Crippen LogP contribution in [0.4, 0.5) is 5.69 Å². The molecule has 2 unspecified atom stereocenters. The summed E-state index contributed by atoms with van der Waals surface area (Å²) in [6.07, 6.45) is 1.96. The molecule has 3 N–H and O–H groups in total. The van der Waals surface area contributed by atoms with Crippen LogP contribution in [0.5, 0.6) is 0 Å².